The minimum Gasteiger partial charge on any atom is -0.313 e. The van der Waals surface area contributed by atoms with E-state index in [1.54, 1.807) is 0 Å². The van der Waals surface area contributed by atoms with Gasteiger partial charge < -0.3 is 10.6 Å². The van der Waals surface area contributed by atoms with Crippen molar-refractivity contribution in [2.24, 2.45) is 0 Å². The van der Waals surface area contributed by atoms with Gasteiger partial charge in [-0.1, -0.05) is 20.8 Å². The molecule has 0 heterocycles. The Bertz CT molecular complexity index is 108. The lowest BCUT2D eigenvalue weighted by molar-refractivity contribution is 0.371. The van der Waals surface area contributed by atoms with Crippen LogP contribution in [0, 0.1) is 0 Å². The lowest BCUT2D eigenvalue weighted by Gasteiger charge is -2.24. The van der Waals surface area contributed by atoms with Gasteiger partial charge in [0.05, 0.1) is 0 Å². The fourth-order valence-electron chi connectivity index (χ4n) is 0.887. The Balaban J connectivity index is 3.31. The molecule has 0 spiro atoms. The van der Waals surface area contributed by atoms with Gasteiger partial charge in [0, 0.05) is 24.7 Å². The van der Waals surface area contributed by atoms with Gasteiger partial charge >= 0.3 is 0 Å². The van der Waals surface area contributed by atoms with E-state index in [0.29, 0.717) is 11.6 Å². The summed E-state index contributed by atoms with van der Waals surface area (Å²) in [7, 11) is 0. The summed E-state index contributed by atoms with van der Waals surface area (Å²) >= 11 is 0. The quantitative estimate of drug-likeness (QED) is 0.597. The standard InChI is InChI=1S/C10H24N2/c1-6-10(4,5)12-8-7-11-9(2)3/h9,11-12H,6-8H2,1-5H3. The van der Waals surface area contributed by atoms with E-state index < -0.39 is 0 Å². The Morgan fingerprint density at radius 2 is 1.75 bits per heavy atom. The normalized spacial score (nSPS) is 12.5. The van der Waals surface area contributed by atoms with Crippen molar-refractivity contribution < 1.29 is 0 Å². The number of nitrogens with one attached hydrogen (secondary N) is 2. The van der Waals surface area contributed by atoms with Crippen LogP contribution in [0.1, 0.15) is 41.0 Å². The third-order valence-corrected chi connectivity index (χ3v) is 2.17. The Hall–Kier alpha value is -0.0800. The zero-order chi connectivity index (χ0) is 9.61. The van der Waals surface area contributed by atoms with Crippen molar-refractivity contribution in [3.63, 3.8) is 0 Å². The zero-order valence-electron chi connectivity index (χ0n) is 9.20. The van der Waals surface area contributed by atoms with Gasteiger partial charge in [-0.2, -0.15) is 0 Å². The summed E-state index contributed by atoms with van der Waals surface area (Å²) in [5, 5.41) is 6.88. The third-order valence-electron chi connectivity index (χ3n) is 2.17. The maximum Gasteiger partial charge on any atom is 0.0123 e. The molecule has 0 aliphatic carbocycles. The van der Waals surface area contributed by atoms with E-state index in [-0.39, 0.29) is 0 Å². The molecule has 0 amide bonds. The van der Waals surface area contributed by atoms with Crippen LogP contribution in [0.15, 0.2) is 0 Å². The molecule has 0 fully saturated rings. The second-order valence-electron chi connectivity index (χ2n) is 4.27. The average molecular weight is 172 g/mol. The highest BCUT2D eigenvalue weighted by Crippen LogP contribution is 2.05. The summed E-state index contributed by atoms with van der Waals surface area (Å²) in [6.45, 7) is 13.1. The monoisotopic (exact) mass is 172 g/mol. The van der Waals surface area contributed by atoms with Crippen LogP contribution in [-0.2, 0) is 0 Å². The van der Waals surface area contributed by atoms with Crippen molar-refractivity contribution in [2.75, 3.05) is 13.1 Å². The van der Waals surface area contributed by atoms with Crippen molar-refractivity contribution in [2.45, 2.75) is 52.6 Å². The van der Waals surface area contributed by atoms with E-state index in [1.165, 1.54) is 6.42 Å². The molecule has 0 bridgehead atoms. The summed E-state index contributed by atoms with van der Waals surface area (Å²) in [6.07, 6.45) is 1.18. The highest BCUT2D eigenvalue weighted by atomic mass is 15.0. The Labute approximate surface area is 77.1 Å². The van der Waals surface area contributed by atoms with Gasteiger partial charge in [0.2, 0.25) is 0 Å². The van der Waals surface area contributed by atoms with Gasteiger partial charge in [-0.25, -0.2) is 0 Å². The van der Waals surface area contributed by atoms with Crippen LogP contribution in [0.5, 0.6) is 0 Å². The van der Waals surface area contributed by atoms with Gasteiger partial charge in [-0.05, 0) is 20.3 Å². The zero-order valence-corrected chi connectivity index (χ0v) is 9.20. The molecule has 0 aromatic heterocycles. The predicted octanol–water partition coefficient (Wildman–Crippen LogP) is 1.76. The molecule has 2 nitrogen and oxygen atoms in total. The molecular formula is C10H24N2. The summed E-state index contributed by atoms with van der Waals surface area (Å²) in [5.41, 5.74) is 0.290. The number of hydrogen-bond acceptors (Lipinski definition) is 2. The van der Waals surface area contributed by atoms with Crippen molar-refractivity contribution in [3.05, 3.63) is 0 Å². The molecule has 2 N–H and O–H groups in total. The SMILES string of the molecule is CCC(C)(C)NCCNC(C)C. The molecule has 74 valence electrons. The topological polar surface area (TPSA) is 24.1 Å². The summed E-state index contributed by atoms with van der Waals surface area (Å²) in [6, 6.07) is 0.594. The Kier molecular flexibility index (Phi) is 5.51. The molecule has 0 rings (SSSR count). The molecule has 0 aromatic carbocycles. The molecule has 0 atom stereocenters. The lowest BCUT2D eigenvalue weighted by atomic mass is 10.0. The van der Waals surface area contributed by atoms with E-state index in [4.69, 9.17) is 0 Å². The molecule has 12 heavy (non-hydrogen) atoms. The minimum absolute atomic E-state index is 0.290. The fraction of sp³-hybridized carbons (Fsp3) is 1.00. The van der Waals surface area contributed by atoms with Crippen LogP contribution in [0.2, 0.25) is 0 Å². The molecule has 0 aliphatic heterocycles. The third kappa shape index (κ3) is 6.62. The molecular weight excluding hydrogens is 148 g/mol. The maximum absolute atomic E-state index is 3.50. The van der Waals surface area contributed by atoms with E-state index in [1.807, 2.05) is 0 Å². The van der Waals surface area contributed by atoms with E-state index in [0.717, 1.165) is 13.1 Å². The molecule has 0 saturated heterocycles. The predicted molar refractivity (Wildman–Crippen MR) is 55.5 cm³/mol. The second-order valence-corrected chi connectivity index (χ2v) is 4.27. The van der Waals surface area contributed by atoms with Crippen molar-refractivity contribution >= 4 is 0 Å². The van der Waals surface area contributed by atoms with Crippen LogP contribution in [0.4, 0.5) is 0 Å². The van der Waals surface area contributed by atoms with E-state index in [2.05, 4.69) is 45.3 Å². The Morgan fingerprint density at radius 1 is 1.17 bits per heavy atom. The van der Waals surface area contributed by atoms with Gasteiger partial charge in [0.1, 0.15) is 0 Å². The number of hydrogen-bond donors (Lipinski definition) is 2. The number of rotatable bonds is 6. The van der Waals surface area contributed by atoms with Crippen LogP contribution in [0.25, 0.3) is 0 Å². The Morgan fingerprint density at radius 3 is 2.17 bits per heavy atom. The molecule has 0 aromatic rings. The molecule has 0 radical (unpaired) electrons. The average Bonchev–Trinajstić information content (AvgIpc) is 1.98. The molecule has 0 saturated carbocycles. The fourth-order valence-corrected chi connectivity index (χ4v) is 0.887. The maximum atomic E-state index is 3.50. The minimum atomic E-state index is 0.290. The van der Waals surface area contributed by atoms with E-state index in [9.17, 15) is 0 Å². The van der Waals surface area contributed by atoms with Crippen LogP contribution >= 0.6 is 0 Å². The van der Waals surface area contributed by atoms with Gasteiger partial charge in [0.25, 0.3) is 0 Å². The first kappa shape index (κ1) is 11.9. The molecule has 0 aliphatic rings. The van der Waals surface area contributed by atoms with Crippen LogP contribution < -0.4 is 10.6 Å². The van der Waals surface area contributed by atoms with E-state index >= 15 is 0 Å². The molecule has 2 heteroatoms. The van der Waals surface area contributed by atoms with Gasteiger partial charge in [-0.15, -0.1) is 0 Å². The van der Waals surface area contributed by atoms with Crippen molar-refractivity contribution in [1.82, 2.24) is 10.6 Å². The first-order valence-electron chi connectivity index (χ1n) is 4.96. The lowest BCUT2D eigenvalue weighted by Crippen LogP contribution is -2.43. The van der Waals surface area contributed by atoms with Crippen molar-refractivity contribution in [1.29, 1.82) is 0 Å². The largest absolute Gasteiger partial charge is 0.313 e. The summed E-state index contributed by atoms with van der Waals surface area (Å²) in [5.74, 6) is 0. The van der Waals surface area contributed by atoms with Gasteiger partial charge in [0.15, 0.2) is 0 Å². The smallest absolute Gasteiger partial charge is 0.0123 e. The van der Waals surface area contributed by atoms with Crippen LogP contribution in [0.3, 0.4) is 0 Å². The van der Waals surface area contributed by atoms with Crippen molar-refractivity contribution in [3.8, 4) is 0 Å². The highest BCUT2D eigenvalue weighted by Gasteiger charge is 2.12. The summed E-state index contributed by atoms with van der Waals surface area (Å²) in [4.78, 5) is 0. The van der Waals surface area contributed by atoms with Crippen LogP contribution in [-0.4, -0.2) is 24.7 Å². The van der Waals surface area contributed by atoms with Gasteiger partial charge in [-0.3, -0.25) is 0 Å². The second kappa shape index (κ2) is 5.55. The first-order valence-corrected chi connectivity index (χ1v) is 4.96. The first-order chi connectivity index (χ1) is 5.48. The summed E-state index contributed by atoms with van der Waals surface area (Å²) < 4.78 is 0. The highest BCUT2D eigenvalue weighted by molar-refractivity contribution is 4.75. The molecule has 0 unspecified atom stereocenters.